The van der Waals surface area contributed by atoms with Crippen molar-refractivity contribution in [3.05, 3.63) is 16.5 Å². The molecule has 20 heavy (non-hydrogen) atoms. The maximum atomic E-state index is 4.64. The molecule has 0 saturated heterocycles. The minimum atomic E-state index is 0.344. The molecule has 3 rings (SSSR count). The largest absolute Gasteiger partial charge is 0.366 e. The third kappa shape index (κ3) is 2.16. The molecule has 0 amide bonds. The number of hydrogen-bond donors (Lipinski definition) is 1. The van der Waals surface area contributed by atoms with Gasteiger partial charge in [0.2, 0.25) is 0 Å². The predicted molar refractivity (Wildman–Crippen MR) is 85.7 cm³/mol. The predicted octanol–water partition coefficient (Wildman–Crippen LogP) is 4.43. The lowest BCUT2D eigenvalue weighted by Gasteiger charge is -2.43. The average molecular weight is 338 g/mol. The van der Waals surface area contributed by atoms with E-state index in [1.54, 1.807) is 0 Å². The number of halogens is 1. The van der Waals surface area contributed by atoms with Gasteiger partial charge in [-0.05, 0) is 51.9 Å². The van der Waals surface area contributed by atoms with Crippen molar-refractivity contribution in [3.63, 3.8) is 0 Å². The molecule has 0 aromatic carbocycles. The molecular formula is C16H24BrN3. The standard InChI is InChI=1S/C16H24BrN3/c1-5-12-18-11(17)8-13(19-12)20-14-15(2,3)10-6-7-16(14,4)9-10/h8,10,14H,5-7,9H2,1-4H3,(H,18,19,20). The molecular weight excluding hydrogens is 314 g/mol. The first-order chi connectivity index (χ1) is 9.35. The van der Waals surface area contributed by atoms with Gasteiger partial charge < -0.3 is 5.32 Å². The lowest BCUT2D eigenvalue weighted by molar-refractivity contribution is 0.155. The zero-order valence-electron chi connectivity index (χ0n) is 12.8. The molecule has 1 aromatic rings. The maximum absolute atomic E-state index is 4.64. The van der Waals surface area contributed by atoms with Gasteiger partial charge in [-0.1, -0.05) is 27.7 Å². The van der Waals surface area contributed by atoms with E-state index in [1.807, 2.05) is 6.07 Å². The molecule has 2 fully saturated rings. The summed E-state index contributed by atoms with van der Waals surface area (Å²) in [6.07, 6.45) is 4.94. The van der Waals surface area contributed by atoms with Crippen LogP contribution in [0.5, 0.6) is 0 Å². The molecule has 2 aliphatic carbocycles. The van der Waals surface area contributed by atoms with E-state index in [-0.39, 0.29) is 0 Å². The van der Waals surface area contributed by atoms with Gasteiger partial charge in [-0.2, -0.15) is 0 Å². The van der Waals surface area contributed by atoms with E-state index in [0.29, 0.717) is 16.9 Å². The lowest BCUT2D eigenvalue weighted by atomic mass is 9.68. The van der Waals surface area contributed by atoms with Crippen molar-refractivity contribution in [2.45, 2.75) is 59.4 Å². The summed E-state index contributed by atoms with van der Waals surface area (Å²) in [5.74, 6) is 2.71. The normalized spacial score (nSPS) is 34.5. The Morgan fingerprint density at radius 2 is 2.10 bits per heavy atom. The van der Waals surface area contributed by atoms with Crippen LogP contribution in [0.3, 0.4) is 0 Å². The van der Waals surface area contributed by atoms with Crippen LogP contribution < -0.4 is 5.32 Å². The third-order valence-corrected chi connectivity index (χ3v) is 6.03. The number of aromatic nitrogens is 2. The van der Waals surface area contributed by atoms with Gasteiger partial charge >= 0.3 is 0 Å². The summed E-state index contributed by atoms with van der Waals surface area (Å²) in [6.45, 7) is 9.36. The van der Waals surface area contributed by atoms with Crippen LogP contribution in [0.2, 0.25) is 0 Å². The highest BCUT2D eigenvalue weighted by atomic mass is 79.9. The molecule has 3 atom stereocenters. The second kappa shape index (κ2) is 4.69. The summed E-state index contributed by atoms with van der Waals surface area (Å²) in [7, 11) is 0. The molecule has 1 N–H and O–H groups in total. The van der Waals surface area contributed by atoms with E-state index in [0.717, 1.165) is 28.6 Å². The Balaban J connectivity index is 1.89. The fraction of sp³-hybridized carbons (Fsp3) is 0.750. The molecule has 3 unspecified atom stereocenters. The van der Waals surface area contributed by atoms with Crippen LogP contribution in [0.4, 0.5) is 5.82 Å². The van der Waals surface area contributed by atoms with Crippen LogP contribution in [0, 0.1) is 16.7 Å². The zero-order valence-corrected chi connectivity index (χ0v) is 14.4. The fourth-order valence-electron chi connectivity index (χ4n) is 4.51. The number of nitrogens with zero attached hydrogens (tertiary/aromatic N) is 2. The maximum Gasteiger partial charge on any atom is 0.131 e. The van der Waals surface area contributed by atoms with Crippen molar-refractivity contribution < 1.29 is 0 Å². The molecule has 1 heterocycles. The first-order valence-corrected chi connectivity index (χ1v) is 8.44. The number of hydrogen-bond acceptors (Lipinski definition) is 3. The highest BCUT2D eigenvalue weighted by Crippen LogP contribution is 2.63. The molecule has 0 aliphatic heterocycles. The number of fused-ring (bicyclic) bond motifs is 2. The van der Waals surface area contributed by atoms with Crippen LogP contribution in [-0.4, -0.2) is 16.0 Å². The lowest BCUT2D eigenvalue weighted by Crippen LogP contribution is -2.46. The topological polar surface area (TPSA) is 37.8 Å². The van der Waals surface area contributed by atoms with Crippen LogP contribution in [0.25, 0.3) is 0 Å². The number of nitrogens with one attached hydrogen (secondary N) is 1. The molecule has 4 heteroatoms. The van der Waals surface area contributed by atoms with Crippen LogP contribution in [0.15, 0.2) is 10.7 Å². The summed E-state index contributed by atoms with van der Waals surface area (Å²) in [6, 6.07) is 2.50. The van der Waals surface area contributed by atoms with Crippen molar-refractivity contribution in [1.29, 1.82) is 0 Å². The monoisotopic (exact) mass is 337 g/mol. The van der Waals surface area contributed by atoms with Gasteiger partial charge in [-0.3, -0.25) is 0 Å². The van der Waals surface area contributed by atoms with Gasteiger partial charge in [-0.15, -0.1) is 0 Å². The fourth-order valence-corrected chi connectivity index (χ4v) is 4.93. The molecule has 2 bridgehead atoms. The first-order valence-electron chi connectivity index (χ1n) is 7.65. The molecule has 3 nitrogen and oxygen atoms in total. The van der Waals surface area contributed by atoms with Gasteiger partial charge in [-0.25, -0.2) is 9.97 Å². The molecule has 0 radical (unpaired) electrons. The summed E-state index contributed by atoms with van der Waals surface area (Å²) in [5.41, 5.74) is 0.759. The Morgan fingerprint density at radius 1 is 1.35 bits per heavy atom. The Morgan fingerprint density at radius 3 is 2.70 bits per heavy atom. The summed E-state index contributed by atoms with van der Waals surface area (Å²) < 4.78 is 0.873. The van der Waals surface area contributed by atoms with Crippen molar-refractivity contribution in [3.8, 4) is 0 Å². The summed E-state index contributed by atoms with van der Waals surface area (Å²) in [5, 5.41) is 3.74. The second-order valence-corrected chi connectivity index (χ2v) is 8.15. The van der Waals surface area contributed by atoms with Gasteiger partial charge in [0.1, 0.15) is 16.2 Å². The van der Waals surface area contributed by atoms with Crippen LogP contribution >= 0.6 is 15.9 Å². The highest BCUT2D eigenvalue weighted by molar-refractivity contribution is 9.10. The molecule has 110 valence electrons. The average Bonchev–Trinajstić information content (AvgIpc) is 2.85. The second-order valence-electron chi connectivity index (χ2n) is 7.34. The molecule has 2 saturated carbocycles. The van der Waals surface area contributed by atoms with E-state index < -0.39 is 0 Å². The first kappa shape index (κ1) is 14.3. The van der Waals surface area contributed by atoms with E-state index in [2.05, 4.69) is 58.9 Å². The van der Waals surface area contributed by atoms with Gasteiger partial charge in [0, 0.05) is 18.5 Å². The van der Waals surface area contributed by atoms with E-state index >= 15 is 0 Å². The Bertz CT molecular complexity index is 524. The van der Waals surface area contributed by atoms with Crippen molar-refractivity contribution in [2.24, 2.45) is 16.7 Å². The Hall–Kier alpha value is -0.640. The minimum absolute atomic E-state index is 0.344. The summed E-state index contributed by atoms with van der Waals surface area (Å²) in [4.78, 5) is 9.04. The highest BCUT2D eigenvalue weighted by Gasteiger charge is 2.59. The van der Waals surface area contributed by atoms with Gasteiger partial charge in [0.05, 0.1) is 0 Å². The number of anilines is 1. The quantitative estimate of drug-likeness (QED) is 0.829. The molecule has 1 aromatic heterocycles. The smallest absolute Gasteiger partial charge is 0.131 e. The van der Waals surface area contributed by atoms with E-state index in [1.165, 1.54) is 19.3 Å². The number of aryl methyl sites for hydroxylation is 1. The van der Waals surface area contributed by atoms with Gasteiger partial charge in [0.25, 0.3) is 0 Å². The van der Waals surface area contributed by atoms with E-state index in [9.17, 15) is 0 Å². The number of rotatable bonds is 3. The van der Waals surface area contributed by atoms with Gasteiger partial charge in [0.15, 0.2) is 0 Å². The van der Waals surface area contributed by atoms with Crippen molar-refractivity contribution in [2.75, 3.05) is 5.32 Å². The van der Waals surface area contributed by atoms with Crippen LogP contribution in [-0.2, 0) is 6.42 Å². The SMILES string of the molecule is CCc1nc(Br)cc(NC2C3(C)CCC(C3)C2(C)C)n1. The third-order valence-electron chi connectivity index (χ3n) is 5.62. The Labute approximate surface area is 130 Å². The van der Waals surface area contributed by atoms with E-state index in [4.69, 9.17) is 0 Å². The van der Waals surface area contributed by atoms with Crippen LogP contribution in [0.1, 0.15) is 52.8 Å². The summed E-state index contributed by atoms with van der Waals surface area (Å²) >= 11 is 3.50. The van der Waals surface area contributed by atoms with Crippen molar-refractivity contribution in [1.82, 2.24) is 9.97 Å². The van der Waals surface area contributed by atoms with Crippen molar-refractivity contribution >= 4 is 21.7 Å². The minimum Gasteiger partial charge on any atom is -0.366 e. The molecule has 2 aliphatic rings. The molecule has 0 spiro atoms. The Kier molecular flexibility index (Phi) is 3.35. The zero-order chi connectivity index (χ0) is 14.5.